The normalized spacial score (nSPS) is 21.7. The maximum Gasteiger partial charge on any atom is 0.0648 e. The summed E-state index contributed by atoms with van der Waals surface area (Å²) in [5.74, 6) is 0. The summed E-state index contributed by atoms with van der Waals surface area (Å²) in [6.45, 7) is 8.03. The molecule has 0 aromatic heterocycles. The zero-order valence-corrected chi connectivity index (χ0v) is 21.5. The van der Waals surface area contributed by atoms with Gasteiger partial charge in [-0.3, -0.25) is 0 Å². The summed E-state index contributed by atoms with van der Waals surface area (Å²) in [6, 6.07) is -7.92. The van der Waals surface area contributed by atoms with E-state index in [9.17, 15) is 5.48 Å². The zero-order chi connectivity index (χ0) is 41.0. The molecular formula is C37H33N. The first-order chi connectivity index (χ1) is 25.4. The number of anilines is 2. The summed E-state index contributed by atoms with van der Waals surface area (Å²) >= 11 is 0. The molecule has 0 amide bonds. The Labute approximate surface area is 250 Å². The maximum atomic E-state index is 9.51. The fourth-order valence-corrected chi connectivity index (χ4v) is 5.53. The molecule has 0 unspecified atom stereocenters. The van der Waals surface area contributed by atoms with Crippen LogP contribution >= 0.6 is 0 Å². The first kappa shape index (κ1) is 11.3. The molecule has 0 saturated heterocycles. The molecule has 1 heteroatoms. The van der Waals surface area contributed by atoms with Crippen molar-refractivity contribution in [3.8, 4) is 33.4 Å². The van der Waals surface area contributed by atoms with E-state index in [4.69, 9.17) is 17.8 Å². The fraction of sp³-hybridized carbons (Fsp3) is 0.189. The minimum atomic E-state index is -1.34. The van der Waals surface area contributed by atoms with Gasteiger partial charge in [-0.1, -0.05) is 106 Å². The van der Waals surface area contributed by atoms with Gasteiger partial charge in [0.05, 0.1) is 23.3 Å². The Morgan fingerprint density at radius 2 is 1.03 bits per heavy atom. The van der Waals surface area contributed by atoms with Crippen molar-refractivity contribution in [2.45, 2.75) is 45.4 Å². The Balaban J connectivity index is 1.52. The molecule has 0 bridgehead atoms. The maximum absolute atomic E-state index is 9.51. The summed E-state index contributed by atoms with van der Waals surface area (Å²) in [7, 11) is 0. The van der Waals surface area contributed by atoms with E-state index in [0.29, 0.717) is 0 Å². The summed E-state index contributed by atoms with van der Waals surface area (Å²) in [5, 5.41) is 2.84. The Morgan fingerprint density at radius 3 is 1.79 bits per heavy atom. The van der Waals surface area contributed by atoms with Gasteiger partial charge < -0.3 is 5.32 Å². The number of nitrogens with one attached hydrogen (secondary N) is 1. The van der Waals surface area contributed by atoms with E-state index in [0.717, 1.165) is 0 Å². The van der Waals surface area contributed by atoms with Crippen molar-refractivity contribution in [1.29, 1.82) is 0 Å². The fourth-order valence-electron chi connectivity index (χ4n) is 5.53. The highest BCUT2D eigenvalue weighted by atomic mass is 14.9. The van der Waals surface area contributed by atoms with Crippen LogP contribution < -0.4 is 5.32 Å². The van der Waals surface area contributed by atoms with E-state index in [-0.39, 0.29) is 96.7 Å². The summed E-state index contributed by atoms with van der Waals surface area (Å²) in [5.41, 5.74) is -2.77. The lowest BCUT2D eigenvalue weighted by molar-refractivity contribution is 0.660. The standard InChI is InChI=1S/C37H33N/c1-23-11-6-7-12-26(23)29-14-10-16-32-35(29)30-20-18-25(22-34(30)37(32,4)5)38-24-17-19-28-27-13-8-9-15-31(27)36(2,3)33(28)21-24/h6-22,38H,1-5H3/i6D,7D,8D,9D,10D,11D,12D,13D,14D,15D,16D,17D,18D,19D,20D,21D,22D. The minimum absolute atomic E-state index is 0.0125. The lowest BCUT2D eigenvalue weighted by atomic mass is 9.81. The van der Waals surface area contributed by atoms with E-state index >= 15 is 0 Å². The smallest absolute Gasteiger partial charge is 0.0648 e. The van der Waals surface area contributed by atoms with E-state index in [1.165, 1.54) is 6.92 Å². The van der Waals surface area contributed by atoms with Gasteiger partial charge in [-0.15, -0.1) is 0 Å². The number of hydrogen-bond acceptors (Lipinski definition) is 1. The second kappa shape index (κ2) is 7.95. The average molecular weight is 509 g/mol. The van der Waals surface area contributed by atoms with Gasteiger partial charge in [-0.2, -0.15) is 0 Å². The van der Waals surface area contributed by atoms with Gasteiger partial charge >= 0.3 is 0 Å². The Hall–Kier alpha value is -4.10. The first-order valence-corrected chi connectivity index (χ1v) is 12.2. The van der Waals surface area contributed by atoms with Crippen molar-refractivity contribution in [2.24, 2.45) is 0 Å². The number of fused-ring (bicyclic) bond motifs is 6. The lowest BCUT2D eigenvalue weighted by Crippen LogP contribution is -2.15. The highest BCUT2D eigenvalue weighted by Gasteiger charge is 2.38. The van der Waals surface area contributed by atoms with Crippen molar-refractivity contribution in [2.75, 3.05) is 5.32 Å². The lowest BCUT2D eigenvalue weighted by Gasteiger charge is -2.23. The average Bonchev–Trinajstić information content (AvgIpc) is 3.53. The van der Waals surface area contributed by atoms with Gasteiger partial charge in [0.15, 0.2) is 0 Å². The van der Waals surface area contributed by atoms with Crippen LogP contribution in [0.25, 0.3) is 33.4 Å². The number of hydrogen-bond donors (Lipinski definition) is 1. The molecule has 5 aromatic rings. The predicted molar refractivity (Wildman–Crippen MR) is 161 cm³/mol. The molecule has 38 heavy (non-hydrogen) atoms. The van der Waals surface area contributed by atoms with Crippen LogP contribution in [0.1, 0.15) is 78.8 Å². The highest BCUT2D eigenvalue weighted by molar-refractivity contribution is 5.94. The monoisotopic (exact) mass is 508 g/mol. The molecule has 5 aromatic carbocycles. The quantitative estimate of drug-likeness (QED) is 0.256. The number of benzene rings is 5. The molecule has 0 atom stereocenters. The van der Waals surface area contributed by atoms with Gasteiger partial charge in [0.1, 0.15) is 0 Å². The molecule has 1 nitrogen and oxygen atoms in total. The van der Waals surface area contributed by atoms with Crippen molar-refractivity contribution >= 4 is 11.4 Å². The zero-order valence-electron chi connectivity index (χ0n) is 38.5. The topological polar surface area (TPSA) is 12.0 Å². The van der Waals surface area contributed by atoms with Gasteiger partial charge in [0.2, 0.25) is 0 Å². The molecular weight excluding hydrogens is 458 g/mol. The Morgan fingerprint density at radius 1 is 0.500 bits per heavy atom. The summed E-state index contributed by atoms with van der Waals surface area (Å²) in [6.07, 6.45) is 0. The van der Waals surface area contributed by atoms with Gasteiger partial charge in [-0.05, 0) is 92.3 Å². The largest absolute Gasteiger partial charge is 0.356 e. The number of rotatable bonds is 3. The van der Waals surface area contributed by atoms with Crippen LogP contribution in [0.5, 0.6) is 0 Å². The SMILES string of the molecule is [2H]c1c([2H])c([2H])c(-c2c([2H])c([2H])c([2H])c3c2-c2c([2H])c([2H])c(Nc4c([2H])c([2H])c5c(c4[2H])C(C)(C)c4c([2H])c([2H])c([2H])c([2H])c4-5)c([2H])c2C3(C)C)c(C)c1[2H]. The molecule has 2 aliphatic rings. The predicted octanol–water partition coefficient (Wildman–Crippen LogP) is 10.0. The van der Waals surface area contributed by atoms with Crippen molar-refractivity contribution in [3.63, 3.8) is 0 Å². The molecule has 7 rings (SSSR count). The molecule has 186 valence electrons. The highest BCUT2D eigenvalue weighted by Crippen LogP contribution is 2.53. The first-order valence-electron chi connectivity index (χ1n) is 20.8. The van der Waals surface area contributed by atoms with Crippen molar-refractivity contribution in [3.05, 3.63) is 131 Å². The van der Waals surface area contributed by atoms with Crippen LogP contribution in [-0.2, 0) is 10.8 Å². The summed E-state index contributed by atoms with van der Waals surface area (Å²) < 4.78 is 150. The third-order valence-electron chi connectivity index (χ3n) is 7.56. The third-order valence-corrected chi connectivity index (χ3v) is 7.56. The van der Waals surface area contributed by atoms with E-state index in [1.807, 2.05) is 0 Å². The Kier molecular flexibility index (Phi) is 2.37. The van der Waals surface area contributed by atoms with Crippen LogP contribution in [0.15, 0.2) is 103 Å². The van der Waals surface area contributed by atoms with Crippen LogP contribution in [0, 0.1) is 6.92 Å². The molecule has 2 aliphatic carbocycles. The Bertz CT molecular complexity index is 2630. The van der Waals surface area contributed by atoms with Crippen LogP contribution in [0.4, 0.5) is 11.4 Å². The molecule has 0 spiro atoms. The van der Waals surface area contributed by atoms with Crippen LogP contribution in [0.2, 0.25) is 0 Å². The second-order valence-corrected chi connectivity index (χ2v) is 10.6. The van der Waals surface area contributed by atoms with Crippen molar-refractivity contribution < 1.29 is 23.3 Å². The van der Waals surface area contributed by atoms with E-state index in [1.54, 1.807) is 27.7 Å². The summed E-state index contributed by atoms with van der Waals surface area (Å²) in [4.78, 5) is 0. The molecule has 0 radical (unpaired) electrons. The van der Waals surface area contributed by atoms with E-state index < -0.39 is 89.4 Å². The molecule has 0 heterocycles. The molecule has 1 N–H and O–H groups in total. The molecule has 0 fully saturated rings. The van der Waals surface area contributed by atoms with Crippen LogP contribution in [-0.4, -0.2) is 0 Å². The molecule has 0 saturated carbocycles. The minimum Gasteiger partial charge on any atom is -0.356 e. The van der Waals surface area contributed by atoms with Gasteiger partial charge in [-0.25, -0.2) is 0 Å². The van der Waals surface area contributed by atoms with Crippen molar-refractivity contribution in [1.82, 2.24) is 0 Å². The van der Waals surface area contributed by atoms with Crippen LogP contribution in [0.3, 0.4) is 0 Å². The third kappa shape index (κ3) is 3.18. The van der Waals surface area contributed by atoms with Gasteiger partial charge in [0, 0.05) is 22.2 Å². The molecule has 0 aliphatic heterocycles. The van der Waals surface area contributed by atoms with E-state index in [2.05, 4.69) is 5.32 Å². The van der Waals surface area contributed by atoms with Gasteiger partial charge in [0.25, 0.3) is 0 Å². The second-order valence-electron chi connectivity index (χ2n) is 10.6.